The fourth-order valence-corrected chi connectivity index (χ4v) is 2.35. The molecule has 0 amide bonds. The lowest BCUT2D eigenvalue weighted by Gasteiger charge is -2.10. The maximum Gasteiger partial charge on any atom is 0.335 e. The van der Waals surface area contributed by atoms with Gasteiger partial charge in [-0.15, -0.1) is 0 Å². The van der Waals surface area contributed by atoms with Gasteiger partial charge in [-0.2, -0.15) is 0 Å². The molecule has 0 unspecified atom stereocenters. The second-order valence-electron chi connectivity index (χ2n) is 5.31. The molecule has 0 radical (unpaired) electrons. The molecule has 0 aromatic heterocycles. The van der Waals surface area contributed by atoms with E-state index in [0.717, 1.165) is 17.5 Å². The summed E-state index contributed by atoms with van der Waals surface area (Å²) in [6.07, 6.45) is 0.613. The van der Waals surface area contributed by atoms with E-state index in [1.54, 1.807) is 12.1 Å². The van der Waals surface area contributed by atoms with Gasteiger partial charge in [-0.25, -0.2) is 4.79 Å². The van der Waals surface area contributed by atoms with Gasteiger partial charge in [0.25, 0.3) is 0 Å². The highest BCUT2D eigenvalue weighted by atomic mass is 16.7. The standard InChI is InChI=1S/C18H18O5/c19-18(20)15-5-7-16(8-6-15)23-12-14-3-1-13(2-4-14)11-17-21-9-10-22-17/h1-8,17H,9-12H2,(H,19,20). The van der Waals surface area contributed by atoms with Crippen molar-refractivity contribution in [3.63, 3.8) is 0 Å². The highest BCUT2D eigenvalue weighted by Crippen LogP contribution is 2.16. The van der Waals surface area contributed by atoms with Crippen molar-refractivity contribution < 1.29 is 24.1 Å². The van der Waals surface area contributed by atoms with Gasteiger partial charge in [0.1, 0.15) is 12.4 Å². The minimum atomic E-state index is -0.942. The van der Waals surface area contributed by atoms with Crippen molar-refractivity contribution in [1.29, 1.82) is 0 Å². The summed E-state index contributed by atoms with van der Waals surface area (Å²) >= 11 is 0. The van der Waals surface area contributed by atoms with E-state index in [2.05, 4.69) is 0 Å². The first-order valence-corrected chi connectivity index (χ1v) is 7.48. The van der Waals surface area contributed by atoms with Crippen LogP contribution >= 0.6 is 0 Å². The van der Waals surface area contributed by atoms with E-state index in [4.69, 9.17) is 19.3 Å². The van der Waals surface area contributed by atoms with E-state index < -0.39 is 5.97 Å². The zero-order chi connectivity index (χ0) is 16.1. The Morgan fingerprint density at radius 1 is 1.00 bits per heavy atom. The first-order chi connectivity index (χ1) is 11.2. The number of hydrogen-bond donors (Lipinski definition) is 1. The van der Waals surface area contributed by atoms with Crippen molar-refractivity contribution in [3.8, 4) is 5.75 Å². The molecule has 1 aliphatic rings. The molecule has 1 fully saturated rings. The van der Waals surface area contributed by atoms with Crippen LogP contribution in [0.5, 0.6) is 5.75 Å². The topological polar surface area (TPSA) is 65.0 Å². The number of aromatic carboxylic acids is 1. The molecule has 2 aromatic rings. The van der Waals surface area contributed by atoms with E-state index in [-0.39, 0.29) is 11.9 Å². The minimum Gasteiger partial charge on any atom is -0.489 e. The van der Waals surface area contributed by atoms with Crippen LogP contribution in [0.2, 0.25) is 0 Å². The Morgan fingerprint density at radius 3 is 2.22 bits per heavy atom. The van der Waals surface area contributed by atoms with Crippen LogP contribution in [-0.2, 0) is 22.5 Å². The maximum atomic E-state index is 10.8. The predicted molar refractivity (Wildman–Crippen MR) is 83.6 cm³/mol. The zero-order valence-corrected chi connectivity index (χ0v) is 12.6. The molecule has 5 nitrogen and oxygen atoms in total. The minimum absolute atomic E-state index is 0.134. The predicted octanol–water partition coefficient (Wildman–Crippen LogP) is 2.88. The molecule has 2 aromatic carbocycles. The summed E-state index contributed by atoms with van der Waals surface area (Å²) in [6.45, 7) is 1.76. The van der Waals surface area contributed by atoms with E-state index in [1.165, 1.54) is 12.1 Å². The van der Waals surface area contributed by atoms with Gasteiger partial charge in [0, 0.05) is 6.42 Å². The molecule has 1 heterocycles. The third kappa shape index (κ3) is 4.31. The van der Waals surface area contributed by atoms with Crippen molar-refractivity contribution in [2.24, 2.45) is 0 Å². The highest BCUT2D eigenvalue weighted by molar-refractivity contribution is 5.87. The molecule has 5 heteroatoms. The number of carboxylic acids is 1. The lowest BCUT2D eigenvalue weighted by atomic mass is 10.1. The fourth-order valence-electron chi connectivity index (χ4n) is 2.35. The molecule has 0 aliphatic carbocycles. The molecule has 3 rings (SSSR count). The molecule has 1 aliphatic heterocycles. The summed E-state index contributed by atoms with van der Waals surface area (Å²) < 4.78 is 16.5. The second-order valence-corrected chi connectivity index (χ2v) is 5.31. The first kappa shape index (κ1) is 15.5. The van der Waals surface area contributed by atoms with E-state index >= 15 is 0 Å². The molecule has 0 saturated carbocycles. The van der Waals surface area contributed by atoms with Crippen LogP contribution in [0.1, 0.15) is 21.5 Å². The maximum absolute atomic E-state index is 10.8. The van der Waals surface area contributed by atoms with Crippen LogP contribution in [0.4, 0.5) is 0 Å². The Labute approximate surface area is 134 Å². The number of ether oxygens (including phenoxy) is 3. The molecule has 1 saturated heterocycles. The number of rotatable bonds is 6. The van der Waals surface area contributed by atoms with E-state index in [9.17, 15) is 4.79 Å². The lowest BCUT2D eigenvalue weighted by molar-refractivity contribution is -0.0400. The Morgan fingerprint density at radius 2 is 1.61 bits per heavy atom. The molecule has 0 bridgehead atoms. The molecule has 0 spiro atoms. The number of hydrogen-bond acceptors (Lipinski definition) is 4. The Bertz CT molecular complexity index is 642. The SMILES string of the molecule is O=C(O)c1ccc(OCc2ccc(CC3OCCO3)cc2)cc1. The van der Waals surface area contributed by atoms with Crippen LogP contribution in [-0.4, -0.2) is 30.6 Å². The molecule has 23 heavy (non-hydrogen) atoms. The lowest BCUT2D eigenvalue weighted by Crippen LogP contribution is -2.11. The van der Waals surface area contributed by atoms with E-state index in [1.807, 2.05) is 24.3 Å². The van der Waals surface area contributed by atoms with Crippen molar-refractivity contribution in [2.45, 2.75) is 19.3 Å². The van der Waals surface area contributed by atoms with Crippen molar-refractivity contribution in [3.05, 3.63) is 65.2 Å². The number of carbonyl (C=O) groups is 1. The summed E-state index contributed by atoms with van der Waals surface area (Å²) in [6, 6.07) is 14.5. The molecule has 1 N–H and O–H groups in total. The zero-order valence-electron chi connectivity index (χ0n) is 12.6. The van der Waals surface area contributed by atoms with Gasteiger partial charge >= 0.3 is 5.97 Å². The Balaban J connectivity index is 1.52. The summed E-state index contributed by atoms with van der Waals surface area (Å²) in [5.74, 6) is -0.297. The average molecular weight is 314 g/mol. The van der Waals surface area contributed by atoms with Gasteiger partial charge in [-0.3, -0.25) is 0 Å². The molecular weight excluding hydrogens is 296 g/mol. The van der Waals surface area contributed by atoms with Gasteiger partial charge in [0.15, 0.2) is 6.29 Å². The van der Waals surface area contributed by atoms with Crippen LogP contribution in [0.25, 0.3) is 0 Å². The normalized spacial score (nSPS) is 14.8. The summed E-state index contributed by atoms with van der Waals surface area (Å²) in [7, 11) is 0. The van der Waals surface area contributed by atoms with Crippen LogP contribution in [0.15, 0.2) is 48.5 Å². The number of carboxylic acid groups (broad SMARTS) is 1. The van der Waals surface area contributed by atoms with Gasteiger partial charge in [0.2, 0.25) is 0 Å². The average Bonchev–Trinajstić information content (AvgIpc) is 3.07. The van der Waals surface area contributed by atoms with Crippen molar-refractivity contribution >= 4 is 5.97 Å². The summed E-state index contributed by atoms with van der Waals surface area (Å²) in [5.41, 5.74) is 2.45. The van der Waals surface area contributed by atoms with Crippen LogP contribution < -0.4 is 4.74 Å². The fraction of sp³-hybridized carbons (Fsp3) is 0.278. The van der Waals surface area contributed by atoms with Crippen LogP contribution in [0, 0.1) is 0 Å². The summed E-state index contributed by atoms with van der Waals surface area (Å²) in [5, 5.41) is 8.85. The quantitative estimate of drug-likeness (QED) is 0.888. The smallest absolute Gasteiger partial charge is 0.335 e. The van der Waals surface area contributed by atoms with Crippen LogP contribution in [0.3, 0.4) is 0 Å². The number of benzene rings is 2. The van der Waals surface area contributed by atoms with Crippen molar-refractivity contribution in [2.75, 3.05) is 13.2 Å². The largest absolute Gasteiger partial charge is 0.489 e. The third-order valence-corrected chi connectivity index (χ3v) is 3.62. The third-order valence-electron chi connectivity index (χ3n) is 3.62. The van der Waals surface area contributed by atoms with Gasteiger partial charge in [-0.05, 0) is 35.4 Å². The Hall–Kier alpha value is -2.37. The van der Waals surface area contributed by atoms with E-state index in [0.29, 0.717) is 25.6 Å². The highest BCUT2D eigenvalue weighted by Gasteiger charge is 2.16. The van der Waals surface area contributed by atoms with Gasteiger partial charge in [0.05, 0.1) is 18.8 Å². The molecule has 120 valence electrons. The molecule has 0 atom stereocenters. The summed E-state index contributed by atoms with van der Waals surface area (Å²) in [4.78, 5) is 10.8. The van der Waals surface area contributed by atoms with Crippen molar-refractivity contribution in [1.82, 2.24) is 0 Å². The molecular formula is C18H18O5. The second kappa shape index (κ2) is 7.26. The first-order valence-electron chi connectivity index (χ1n) is 7.48. The van der Waals surface area contributed by atoms with Gasteiger partial charge < -0.3 is 19.3 Å². The monoisotopic (exact) mass is 314 g/mol. The Kier molecular flexibility index (Phi) is 4.90. The van der Waals surface area contributed by atoms with Gasteiger partial charge in [-0.1, -0.05) is 24.3 Å².